The first kappa shape index (κ1) is 12.6. The topological polar surface area (TPSA) is 33.1 Å². The van der Waals surface area contributed by atoms with Gasteiger partial charge in [0.25, 0.3) is 0 Å². The summed E-state index contributed by atoms with van der Waals surface area (Å²) in [7, 11) is 0. The van der Waals surface area contributed by atoms with Crippen LogP contribution >= 0.6 is 0 Å². The van der Waals surface area contributed by atoms with Crippen LogP contribution in [-0.4, -0.2) is 46.7 Å². The van der Waals surface area contributed by atoms with E-state index in [1.165, 1.54) is 45.4 Å². The fourth-order valence-electron chi connectivity index (χ4n) is 2.65. The largest absolute Gasteiger partial charge is 0.337 e. The maximum Gasteiger partial charge on any atom is 0.0945 e. The Labute approximate surface area is 104 Å². The maximum absolute atomic E-state index is 4.07. The Morgan fingerprint density at radius 3 is 2.88 bits per heavy atom. The van der Waals surface area contributed by atoms with Crippen molar-refractivity contribution in [2.24, 2.45) is 0 Å². The van der Waals surface area contributed by atoms with Crippen molar-refractivity contribution >= 4 is 0 Å². The Hall–Kier alpha value is -0.870. The van der Waals surface area contributed by atoms with E-state index in [1.54, 1.807) is 0 Å². The molecule has 1 N–H and O–H groups in total. The van der Waals surface area contributed by atoms with Crippen LogP contribution in [0.2, 0.25) is 0 Å². The van der Waals surface area contributed by atoms with Crippen LogP contribution in [0.1, 0.15) is 26.2 Å². The smallest absolute Gasteiger partial charge is 0.0945 e. The number of hydrogen-bond donors (Lipinski definition) is 1. The molecule has 0 radical (unpaired) electrons. The Balaban J connectivity index is 1.71. The van der Waals surface area contributed by atoms with Gasteiger partial charge in [-0.1, -0.05) is 6.92 Å². The molecule has 0 amide bonds. The number of rotatable bonds is 6. The summed E-state index contributed by atoms with van der Waals surface area (Å²) < 4.78 is 2.16. The van der Waals surface area contributed by atoms with Crippen LogP contribution in [0, 0.1) is 0 Å². The van der Waals surface area contributed by atoms with E-state index in [4.69, 9.17) is 0 Å². The average Bonchev–Trinajstić information content (AvgIpc) is 2.89. The van der Waals surface area contributed by atoms with Gasteiger partial charge in [-0.2, -0.15) is 0 Å². The highest BCUT2D eigenvalue weighted by molar-refractivity contribution is 4.78. The van der Waals surface area contributed by atoms with Gasteiger partial charge in [-0.05, 0) is 38.9 Å². The zero-order valence-corrected chi connectivity index (χ0v) is 10.8. The van der Waals surface area contributed by atoms with Gasteiger partial charge in [0.05, 0.1) is 6.33 Å². The van der Waals surface area contributed by atoms with Crippen molar-refractivity contribution in [1.29, 1.82) is 0 Å². The SMILES string of the molecule is CCN(CCCn1ccnc1)C1CCNCC1. The molecule has 1 aromatic rings. The standard InChI is InChI=1S/C13H24N4/c1-2-17(13-4-6-14-7-5-13)10-3-9-16-11-8-15-12-16/h8,11-14H,2-7,9-10H2,1H3. The van der Waals surface area contributed by atoms with Gasteiger partial charge in [0.1, 0.15) is 0 Å². The molecule has 1 aromatic heterocycles. The second-order valence-electron chi connectivity index (χ2n) is 4.76. The summed E-state index contributed by atoms with van der Waals surface area (Å²) in [5.74, 6) is 0. The molecule has 1 fully saturated rings. The lowest BCUT2D eigenvalue weighted by molar-refractivity contribution is 0.166. The fourth-order valence-corrected chi connectivity index (χ4v) is 2.65. The first-order valence-corrected chi connectivity index (χ1v) is 6.80. The van der Waals surface area contributed by atoms with Crippen LogP contribution in [0.5, 0.6) is 0 Å². The van der Waals surface area contributed by atoms with E-state index in [0.29, 0.717) is 0 Å². The number of aromatic nitrogens is 2. The average molecular weight is 236 g/mol. The van der Waals surface area contributed by atoms with Gasteiger partial charge in [0.15, 0.2) is 0 Å². The molecule has 2 heterocycles. The summed E-state index contributed by atoms with van der Waals surface area (Å²) in [5, 5.41) is 3.43. The van der Waals surface area contributed by atoms with Crippen LogP contribution < -0.4 is 5.32 Å². The van der Waals surface area contributed by atoms with Crippen LogP contribution in [0.3, 0.4) is 0 Å². The number of imidazole rings is 1. The molecular formula is C13H24N4. The van der Waals surface area contributed by atoms with Crippen molar-refractivity contribution < 1.29 is 0 Å². The lowest BCUT2D eigenvalue weighted by Crippen LogP contribution is -2.43. The highest BCUT2D eigenvalue weighted by atomic mass is 15.2. The monoisotopic (exact) mass is 236 g/mol. The molecule has 0 unspecified atom stereocenters. The lowest BCUT2D eigenvalue weighted by Gasteiger charge is -2.33. The normalized spacial score (nSPS) is 17.8. The van der Waals surface area contributed by atoms with E-state index >= 15 is 0 Å². The summed E-state index contributed by atoms with van der Waals surface area (Å²) >= 11 is 0. The Morgan fingerprint density at radius 2 is 2.24 bits per heavy atom. The highest BCUT2D eigenvalue weighted by Crippen LogP contribution is 2.12. The molecule has 1 aliphatic heterocycles. The summed E-state index contributed by atoms with van der Waals surface area (Å²) in [6, 6.07) is 0.795. The van der Waals surface area contributed by atoms with E-state index in [0.717, 1.165) is 12.6 Å². The minimum absolute atomic E-state index is 0.795. The molecule has 0 saturated carbocycles. The number of nitrogens with one attached hydrogen (secondary N) is 1. The van der Waals surface area contributed by atoms with E-state index in [-0.39, 0.29) is 0 Å². The fraction of sp³-hybridized carbons (Fsp3) is 0.769. The minimum atomic E-state index is 0.795. The van der Waals surface area contributed by atoms with Gasteiger partial charge >= 0.3 is 0 Å². The Bertz CT molecular complexity index is 290. The number of piperidine rings is 1. The van der Waals surface area contributed by atoms with Crippen molar-refractivity contribution in [3.05, 3.63) is 18.7 Å². The van der Waals surface area contributed by atoms with E-state index in [2.05, 4.69) is 26.7 Å². The molecule has 0 aliphatic carbocycles. The molecule has 4 heteroatoms. The maximum atomic E-state index is 4.07. The molecule has 17 heavy (non-hydrogen) atoms. The van der Waals surface area contributed by atoms with E-state index in [1.807, 2.05) is 18.7 Å². The molecule has 0 atom stereocenters. The molecule has 96 valence electrons. The summed E-state index contributed by atoms with van der Waals surface area (Å²) in [6.07, 6.45) is 9.62. The van der Waals surface area contributed by atoms with Crippen molar-refractivity contribution in [2.45, 2.75) is 38.8 Å². The van der Waals surface area contributed by atoms with Crippen molar-refractivity contribution in [1.82, 2.24) is 19.8 Å². The van der Waals surface area contributed by atoms with Crippen molar-refractivity contribution in [2.75, 3.05) is 26.2 Å². The molecular weight excluding hydrogens is 212 g/mol. The first-order valence-electron chi connectivity index (χ1n) is 6.80. The molecule has 2 rings (SSSR count). The van der Waals surface area contributed by atoms with Crippen LogP contribution in [0.15, 0.2) is 18.7 Å². The van der Waals surface area contributed by atoms with Gasteiger partial charge in [-0.3, -0.25) is 0 Å². The van der Waals surface area contributed by atoms with Crippen LogP contribution in [0.25, 0.3) is 0 Å². The third-order valence-corrected chi connectivity index (χ3v) is 3.65. The number of nitrogens with zero attached hydrogens (tertiary/aromatic N) is 3. The summed E-state index contributed by atoms with van der Waals surface area (Å²) in [6.45, 7) is 8.11. The second-order valence-corrected chi connectivity index (χ2v) is 4.76. The number of hydrogen-bond acceptors (Lipinski definition) is 3. The highest BCUT2D eigenvalue weighted by Gasteiger charge is 2.18. The van der Waals surface area contributed by atoms with Crippen molar-refractivity contribution in [3.63, 3.8) is 0 Å². The van der Waals surface area contributed by atoms with Gasteiger partial charge in [-0.25, -0.2) is 4.98 Å². The van der Waals surface area contributed by atoms with Crippen molar-refractivity contribution in [3.8, 4) is 0 Å². The molecule has 4 nitrogen and oxygen atoms in total. The van der Waals surface area contributed by atoms with Gasteiger partial charge in [0.2, 0.25) is 0 Å². The van der Waals surface area contributed by atoms with E-state index in [9.17, 15) is 0 Å². The van der Waals surface area contributed by atoms with Gasteiger partial charge < -0.3 is 14.8 Å². The minimum Gasteiger partial charge on any atom is -0.337 e. The molecule has 0 spiro atoms. The summed E-state index contributed by atoms with van der Waals surface area (Å²) in [4.78, 5) is 6.71. The molecule has 1 aliphatic rings. The van der Waals surface area contributed by atoms with Gasteiger partial charge in [-0.15, -0.1) is 0 Å². The first-order chi connectivity index (χ1) is 8.40. The zero-order valence-electron chi connectivity index (χ0n) is 10.8. The zero-order chi connectivity index (χ0) is 11.9. The second kappa shape index (κ2) is 6.77. The predicted molar refractivity (Wildman–Crippen MR) is 70.0 cm³/mol. The molecule has 0 bridgehead atoms. The molecule has 1 saturated heterocycles. The summed E-state index contributed by atoms with van der Waals surface area (Å²) in [5.41, 5.74) is 0. The van der Waals surface area contributed by atoms with E-state index < -0.39 is 0 Å². The van der Waals surface area contributed by atoms with Crippen LogP contribution in [-0.2, 0) is 6.54 Å². The molecule has 0 aromatic carbocycles. The Morgan fingerprint density at radius 1 is 1.41 bits per heavy atom. The number of aryl methyl sites for hydroxylation is 1. The van der Waals surface area contributed by atoms with Gasteiger partial charge in [0, 0.05) is 31.5 Å². The van der Waals surface area contributed by atoms with Crippen LogP contribution in [0.4, 0.5) is 0 Å². The predicted octanol–water partition coefficient (Wildman–Crippen LogP) is 1.35. The third-order valence-electron chi connectivity index (χ3n) is 3.65. The Kier molecular flexibility index (Phi) is 5.01. The quantitative estimate of drug-likeness (QED) is 0.809. The lowest BCUT2D eigenvalue weighted by atomic mass is 10.0. The third kappa shape index (κ3) is 3.82.